The van der Waals surface area contributed by atoms with E-state index in [2.05, 4.69) is 17.6 Å². The smallest absolute Gasteiger partial charge is 0.341 e. The van der Waals surface area contributed by atoms with E-state index in [4.69, 9.17) is 4.74 Å². The van der Waals surface area contributed by atoms with E-state index in [1.54, 1.807) is 31.2 Å². The predicted octanol–water partition coefficient (Wildman–Crippen LogP) is 3.85. The molecule has 0 spiro atoms. The van der Waals surface area contributed by atoms with Crippen LogP contribution in [0.1, 0.15) is 60.0 Å². The summed E-state index contributed by atoms with van der Waals surface area (Å²) in [6, 6.07) is 8.40. The number of anilines is 1. The van der Waals surface area contributed by atoms with Gasteiger partial charge in [-0.3, -0.25) is 14.5 Å². The molecule has 1 aliphatic heterocycles. The van der Waals surface area contributed by atoms with E-state index < -0.39 is 35.9 Å². The fourth-order valence-electron chi connectivity index (χ4n) is 4.70. The van der Waals surface area contributed by atoms with E-state index >= 15 is 0 Å². The van der Waals surface area contributed by atoms with Gasteiger partial charge in [0.05, 0.1) is 12.2 Å². The summed E-state index contributed by atoms with van der Waals surface area (Å²) in [6.07, 6.45) is 2.90. The van der Waals surface area contributed by atoms with Gasteiger partial charge in [0, 0.05) is 4.88 Å². The van der Waals surface area contributed by atoms with Crippen LogP contribution in [0, 0.1) is 5.92 Å². The standard InChI is InChI=1S/C25H29N3O5S/c1-4-25(16-9-7-6-8-10-16)23(31)28(24(32)27-25)14-19(29)26-21-20(22(30)33-5-2)17-12-11-15(3)13-18(17)34-21/h6-10,15H,4-5,11-14H2,1-3H3,(H,26,29)(H,27,32)/t15-,25+/m0/s1. The number of thiophene rings is 1. The van der Waals surface area contributed by atoms with Crippen LogP contribution in [0.5, 0.6) is 0 Å². The Morgan fingerprint density at radius 3 is 2.65 bits per heavy atom. The van der Waals surface area contributed by atoms with Crippen molar-refractivity contribution in [3.63, 3.8) is 0 Å². The fraction of sp³-hybridized carbons (Fsp3) is 0.440. The second-order valence-corrected chi connectivity index (χ2v) is 9.88. The molecule has 2 aliphatic rings. The topological polar surface area (TPSA) is 105 Å². The molecular formula is C25H29N3O5S. The number of fused-ring (bicyclic) bond motifs is 1. The van der Waals surface area contributed by atoms with Crippen LogP contribution in [0.4, 0.5) is 9.80 Å². The van der Waals surface area contributed by atoms with Crippen molar-refractivity contribution in [3.8, 4) is 0 Å². The van der Waals surface area contributed by atoms with Gasteiger partial charge in [0.1, 0.15) is 17.1 Å². The third-order valence-corrected chi connectivity index (χ3v) is 7.69. The number of urea groups is 1. The number of carbonyl (C=O) groups is 4. The number of imide groups is 1. The molecule has 2 N–H and O–H groups in total. The molecule has 1 aromatic carbocycles. The SMILES string of the molecule is CCOC(=O)c1c(NC(=O)CN2C(=O)N[C@](CC)(c3ccccc3)C2=O)sc2c1CC[C@H](C)C2. The van der Waals surface area contributed by atoms with E-state index in [1.165, 1.54) is 11.3 Å². The monoisotopic (exact) mass is 483 g/mol. The minimum atomic E-state index is -1.20. The van der Waals surface area contributed by atoms with Crippen LogP contribution >= 0.6 is 11.3 Å². The molecule has 1 aromatic heterocycles. The number of esters is 1. The number of carbonyl (C=O) groups excluding carboxylic acids is 4. The van der Waals surface area contributed by atoms with Gasteiger partial charge in [0.2, 0.25) is 5.91 Å². The van der Waals surface area contributed by atoms with Crippen molar-refractivity contribution in [3.05, 3.63) is 51.9 Å². The predicted molar refractivity (Wildman–Crippen MR) is 129 cm³/mol. The number of ether oxygens (including phenoxy) is 1. The molecule has 2 atom stereocenters. The molecule has 8 nitrogen and oxygen atoms in total. The highest BCUT2D eigenvalue weighted by molar-refractivity contribution is 7.17. The number of hydrogen-bond acceptors (Lipinski definition) is 6. The van der Waals surface area contributed by atoms with Gasteiger partial charge in [0.15, 0.2) is 0 Å². The molecule has 4 rings (SSSR count). The lowest BCUT2D eigenvalue weighted by molar-refractivity contribution is -0.134. The summed E-state index contributed by atoms with van der Waals surface area (Å²) < 4.78 is 5.25. The fourth-order valence-corrected chi connectivity index (χ4v) is 6.11. The molecular weight excluding hydrogens is 454 g/mol. The molecule has 0 unspecified atom stereocenters. The van der Waals surface area contributed by atoms with Crippen LogP contribution in [0.2, 0.25) is 0 Å². The average Bonchev–Trinajstić information content (AvgIpc) is 3.29. The highest BCUT2D eigenvalue weighted by atomic mass is 32.1. The maximum Gasteiger partial charge on any atom is 0.341 e. The van der Waals surface area contributed by atoms with Gasteiger partial charge in [0.25, 0.3) is 5.91 Å². The van der Waals surface area contributed by atoms with E-state index in [1.807, 2.05) is 13.0 Å². The van der Waals surface area contributed by atoms with Crippen molar-refractivity contribution in [2.75, 3.05) is 18.5 Å². The van der Waals surface area contributed by atoms with Gasteiger partial charge in [-0.15, -0.1) is 11.3 Å². The Hall–Kier alpha value is -3.20. The Kier molecular flexibility index (Phi) is 6.74. The molecule has 2 heterocycles. The van der Waals surface area contributed by atoms with Gasteiger partial charge in [-0.2, -0.15) is 0 Å². The minimum absolute atomic E-state index is 0.230. The first-order chi connectivity index (χ1) is 16.3. The van der Waals surface area contributed by atoms with E-state index in [-0.39, 0.29) is 6.61 Å². The highest BCUT2D eigenvalue weighted by Gasteiger charge is 2.51. The Labute approximate surface area is 202 Å². The summed E-state index contributed by atoms with van der Waals surface area (Å²) in [5, 5.41) is 5.98. The van der Waals surface area contributed by atoms with Crippen LogP contribution in [0.15, 0.2) is 30.3 Å². The van der Waals surface area contributed by atoms with E-state index in [9.17, 15) is 19.2 Å². The van der Waals surface area contributed by atoms with Gasteiger partial charge in [-0.1, -0.05) is 44.2 Å². The second kappa shape index (κ2) is 9.58. The molecule has 0 saturated carbocycles. The molecule has 1 aliphatic carbocycles. The first-order valence-corrected chi connectivity index (χ1v) is 12.4. The number of amides is 4. The van der Waals surface area contributed by atoms with Crippen molar-refractivity contribution in [1.29, 1.82) is 0 Å². The van der Waals surface area contributed by atoms with Crippen LogP contribution in [-0.2, 0) is 32.7 Å². The quantitative estimate of drug-likeness (QED) is 0.460. The molecule has 34 heavy (non-hydrogen) atoms. The zero-order chi connectivity index (χ0) is 24.5. The highest BCUT2D eigenvalue weighted by Crippen LogP contribution is 2.40. The average molecular weight is 484 g/mol. The van der Waals surface area contributed by atoms with E-state index in [0.29, 0.717) is 28.5 Å². The summed E-state index contributed by atoms with van der Waals surface area (Å²) in [6.45, 7) is 5.50. The van der Waals surface area contributed by atoms with Gasteiger partial charge in [-0.05, 0) is 49.7 Å². The first-order valence-electron chi connectivity index (χ1n) is 11.6. The van der Waals surface area contributed by atoms with Crippen molar-refractivity contribution >= 4 is 40.2 Å². The normalized spacial score (nSPS) is 21.7. The number of nitrogens with one attached hydrogen (secondary N) is 2. The third kappa shape index (κ3) is 4.20. The largest absolute Gasteiger partial charge is 0.462 e. The lowest BCUT2D eigenvalue weighted by Gasteiger charge is -2.25. The van der Waals surface area contributed by atoms with Crippen molar-refractivity contribution < 1.29 is 23.9 Å². The maximum absolute atomic E-state index is 13.3. The molecule has 0 bridgehead atoms. The summed E-state index contributed by atoms with van der Waals surface area (Å²) in [5.41, 5.74) is 0.795. The Bertz CT molecular complexity index is 1130. The zero-order valence-electron chi connectivity index (χ0n) is 19.6. The molecule has 1 saturated heterocycles. The lowest BCUT2D eigenvalue weighted by Crippen LogP contribution is -2.44. The third-order valence-electron chi connectivity index (χ3n) is 6.52. The molecule has 9 heteroatoms. The second-order valence-electron chi connectivity index (χ2n) is 8.77. The van der Waals surface area contributed by atoms with Crippen LogP contribution in [-0.4, -0.2) is 41.9 Å². The number of benzene rings is 1. The van der Waals surface area contributed by atoms with Crippen LogP contribution < -0.4 is 10.6 Å². The first kappa shape index (κ1) is 23.9. The summed E-state index contributed by atoms with van der Waals surface area (Å²) in [7, 11) is 0. The van der Waals surface area contributed by atoms with Crippen molar-refractivity contribution in [2.45, 2.75) is 52.0 Å². The van der Waals surface area contributed by atoms with Crippen LogP contribution in [0.3, 0.4) is 0 Å². The van der Waals surface area contributed by atoms with E-state index in [0.717, 1.165) is 34.6 Å². The lowest BCUT2D eigenvalue weighted by atomic mass is 9.87. The molecule has 4 amide bonds. The van der Waals surface area contributed by atoms with Gasteiger partial charge in [-0.25, -0.2) is 9.59 Å². The summed E-state index contributed by atoms with van der Waals surface area (Å²) in [4.78, 5) is 53.7. The zero-order valence-corrected chi connectivity index (χ0v) is 20.4. The van der Waals surface area contributed by atoms with Gasteiger partial charge < -0.3 is 15.4 Å². The number of hydrogen-bond donors (Lipinski definition) is 2. The summed E-state index contributed by atoms with van der Waals surface area (Å²) in [5.74, 6) is -0.975. The molecule has 2 aromatic rings. The van der Waals surface area contributed by atoms with Crippen molar-refractivity contribution in [2.24, 2.45) is 5.92 Å². The molecule has 0 radical (unpaired) electrons. The minimum Gasteiger partial charge on any atom is -0.462 e. The molecule has 1 fully saturated rings. The van der Waals surface area contributed by atoms with Crippen LogP contribution in [0.25, 0.3) is 0 Å². The Balaban J connectivity index is 1.56. The maximum atomic E-state index is 13.3. The summed E-state index contributed by atoms with van der Waals surface area (Å²) >= 11 is 1.37. The van der Waals surface area contributed by atoms with Crippen molar-refractivity contribution in [1.82, 2.24) is 10.2 Å². The Morgan fingerprint density at radius 1 is 1.24 bits per heavy atom. The number of rotatable bonds is 7. The Morgan fingerprint density at radius 2 is 1.97 bits per heavy atom. The van der Waals surface area contributed by atoms with Gasteiger partial charge >= 0.3 is 12.0 Å². The molecule has 180 valence electrons. The number of nitrogens with zero attached hydrogens (tertiary/aromatic N) is 1.